The Kier molecular flexibility index (Phi) is 3.57. The molecule has 1 fully saturated rings. The highest BCUT2D eigenvalue weighted by Gasteiger charge is 2.21. The minimum atomic E-state index is -0.359. The molecule has 0 aliphatic carbocycles. The molecule has 2 N–H and O–H groups in total. The summed E-state index contributed by atoms with van der Waals surface area (Å²) in [5.74, 6) is 1.69. The first-order chi connectivity index (χ1) is 9.33. The van der Waals surface area contributed by atoms with Crippen LogP contribution in [0.25, 0.3) is 0 Å². The second-order valence-electron chi connectivity index (χ2n) is 4.87. The zero-order valence-corrected chi connectivity index (χ0v) is 10.7. The molecule has 0 radical (unpaired) electrons. The minimum absolute atomic E-state index is 0.359. The minimum Gasteiger partial charge on any atom is -0.381 e. The zero-order valence-electron chi connectivity index (χ0n) is 10.7. The van der Waals surface area contributed by atoms with Crippen LogP contribution in [0.1, 0.15) is 29.7 Å². The highest BCUT2D eigenvalue weighted by molar-refractivity contribution is 5.22. The van der Waals surface area contributed by atoms with Crippen LogP contribution in [0.15, 0.2) is 34.9 Å². The first-order valence-electron chi connectivity index (χ1n) is 6.53. The van der Waals surface area contributed by atoms with Gasteiger partial charge in [-0.3, -0.25) is 0 Å². The maximum Gasteiger partial charge on any atom is 0.248 e. The van der Waals surface area contributed by atoms with Crippen molar-refractivity contribution in [2.75, 3.05) is 13.2 Å². The van der Waals surface area contributed by atoms with Gasteiger partial charge >= 0.3 is 0 Å². The molecule has 0 spiro atoms. The third kappa shape index (κ3) is 2.83. The van der Waals surface area contributed by atoms with E-state index in [0.29, 0.717) is 11.8 Å². The number of nitrogens with zero attached hydrogens (tertiary/aromatic N) is 2. The summed E-state index contributed by atoms with van der Waals surface area (Å²) in [7, 11) is 0. The average Bonchev–Trinajstić information content (AvgIpc) is 3.11. The summed E-state index contributed by atoms with van der Waals surface area (Å²) in [4.78, 5) is 4.39. The third-order valence-corrected chi connectivity index (χ3v) is 3.40. The molecule has 1 aromatic carbocycles. The monoisotopic (exact) mass is 259 g/mol. The fraction of sp³-hybridized carbons (Fsp3) is 0.429. The zero-order chi connectivity index (χ0) is 13.1. The van der Waals surface area contributed by atoms with Gasteiger partial charge in [0.15, 0.2) is 5.82 Å². The topological polar surface area (TPSA) is 74.2 Å². The van der Waals surface area contributed by atoms with E-state index >= 15 is 0 Å². The number of benzene rings is 1. The predicted molar refractivity (Wildman–Crippen MR) is 69.4 cm³/mol. The predicted octanol–water partition coefficient (Wildman–Crippen LogP) is 1.70. The summed E-state index contributed by atoms with van der Waals surface area (Å²) in [5.41, 5.74) is 7.09. The van der Waals surface area contributed by atoms with Crippen LogP contribution in [-0.4, -0.2) is 23.4 Å². The number of hydrogen-bond acceptors (Lipinski definition) is 5. The summed E-state index contributed by atoms with van der Waals surface area (Å²) in [6, 6.07) is 9.40. The lowest BCUT2D eigenvalue weighted by atomic mass is 10.1. The quantitative estimate of drug-likeness (QED) is 0.904. The maximum atomic E-state index is 6.12. The van der Waals surface area contributed by atoms with Crippen LogP contribution in [-0.2, 0) is 11.2 Å². The Morgan fingerprint density at radius 1 is 1.32 bits per heavy atom. The molecule has 2 aromatic rings. The van der Waals surface area contributed by atoms with Crippen molar-refractivity contribution in [1.29, 1.82) is 0 Å². The molecule has 1 aliphatic rings. The van der Waals surface area contributed by atoms with E-state index in [1.807, 2.05) is 30.3 Å². The van der Waals surface area contributed by atoms with E-state index in [2.05, 4.69) is 10.1 Å². The highest BCUT2D eigenvalue weighted by atomic mass is 16.5. The van der Waals surface area contributed by atoms with Crippen molar-refractivity contribution < 1.29 is 9.26 Å². The number of rotatable bonds is 4. The largest absolute Gasteiger partial charge is 0.381 e. The maximum absolute atomic E-state index is 6.12. The van der Waals surface area contributed by atoms with Crippen LogP contribution < -0.4 is 5.73 Å². The van der Waals surface area contributed by atoms with Gasteiger partial charge in [0, 0.05) is 19.6 Å². The Hall–Kier alpha value is -1.72. The van der Waals surface area contributed by atoms with Crippen molar-refractivity contribution in [3.8, 4) is 0 Å². The van der Waals surface area contributed by atoms with Crippen LogP contribution in [0.5, 0.6) is 0 Å². The summed E-state index contributed by atoms with van der Waals surface area (Å²) in [5, 5.41) is 4.00. The van der Waals surface area contributed by atoms with E-state index < -0.39 is 0 Å². The van der Waals surface area contributed by atoms with Crippen molar-refractivity contribution in [3.05, 3.63) is 47.6 Å². The number of aromatic nitrogens is 2. The molecule has 3 rings (SSSR count). The molecule has 19 heavy (non-hydrogen) atoms. The smallest absolute Gasteiger partial charge is 0.248 e. The molecular weight excluding hydrogens is 242 g/mol. The average molecular weight is 259 g/mol. The number of nitrogens with two attached hydrogens (primary N) is 1. The molecular formula is C14H17N3O2. The third-order valence-electron chi connectivity index (χ3n) is 3.40. The summed E-state index contributed by atoms with van der Waals surface area (Å²) in [6.07, 6.45) is 1.86. The van der Waals surface area contributed by atoms with Gasteiger partial charge in [-0.2, -0.15) is 4.98 Å². The van der Waals surface area contributed by atoms with E-state index in [9.17, 15) is 0 Å². The second-order valence-corrected chi connectivity index (χ2v) is 4.87. The van der Waals surface area contributed by atoms with Crippen molar-refractivity contribution in [3.63, 3.8) is 0 Å². The molecule has 2 atom stereocenters. The van der Waals surface area contributed by atoms with Gasteiger partial charge in [0.25, 0.3) is 0 Å². The van der Waals surface area contributed by atoms with E-state index in [1.54, 1.807) is 0 Å². The van der Waals surface area contributed by atoms with Gasteiger partial charge < -0.3 is 15.0 Å². The Balaban J connectivity index is 1.70. The summed E-state index contributed by atoms with van der Waals surface area (Å²) < 4.78 is 10.6. The molecule has 1 aliphatic heterocycles. The van der Waals surface area contributed by atoms with Crippen molar-refractivity contribution in [2.24, 2.45) is 11.7 Å². The standard InChI is InChI=1S/C14H17N3O2/c15-13(11-4-2-1-3-5-11)14-16-12(17-19-14)8-10-6-7-18-9-10/h1-5,10,13H,6-9,15H2. The van der Waals surface area contributed by atoms with Crippen LogP contribution in [0.3, 0.4) is 0 Å². The molecule has 0 saturated carbocycles. The van der Waals surface area contributed by atoms with Crippen molar-refractivity contribution in [2.45, 2.75) is 18.9 Å². The van der Waals surface area contributed by atoms with Crippen LogP contribution in [0, 0.1) is 5.92 Å². The first-order valence-corrected chi connectivity index (χ1v) is 6.53. The first kappa shape index (κ1) is 12.3. The Bertz CT molecular complexity index is 520. The summed E-state index contributed by atoms with van der Waals surface area (Å²) >= 11 is 0. The Morgan fingerprint density at radius 2 is 2.16 bits per heavy atom. The van der Waals surface area contributed by atoms with Crippen LogP contribution in [0.4, 0.5) is 0 Å². The molecule has 2 unspecified atom stereocenters. The molecule has 100 valence electrons. The van der Waals surface area contributed by atoms with E-state index in [0.717, 1.165) is 37.4 Å². The molecule has 1 aromatic heterocycles. The van der Waals surface area contributed by atoms with E-state index in [-0.39, 0.29) is 6.04 Å². The molecule has 5 nitrogen and oxygen atoms in total. The SMILES string of the molecule is NC(c1ccccc1)c1nc(CC2CCOC2)no1. The van der Waals surface area contributed by atoms with Gasteiger partial charge in [-0.1, -0.05) is 35.5 Å². The lowest BCUT2D eigenvalue weighted by Crippen LogP contribution is -2.12. The normalized spacial score (nSPS) is 20.6. The number of hydrogen-bond donors (Lipinski definition) is 1. The van der Waals surface area contributed by atoms with E-state index in [4.69, 9.17) is 15.0 Å². The molecule has 1 saturated heterocycles. The lowest BCUT2D eigenvalue weighted by Gasteiger charge is -2.05. The van der Waals surface area contributed by atoms with Gasteiger partial charge in [0.1, 0.15) is 6.04 Å². The fourth-order valence-corrected chi connectivity index (χ4v) is 2.28. The van der Waals surface area contributed by atoms with Crippen molar-refractivity contribution >= 4 is 0 Å². The van der Waals surface area contributed by atoms with Gasteiger partial charge in [0.05, 0.1) is 0 Å². The Morgan fingerprint density at radius 3 is 2.89 bits per heavy atom. The molecule has 2 heterocycles. The molecule has 0 amide bonds. The molecule has 5 heteroatoms. The van der Waals surface area contributed by atoms with E-state index in [1.165, 1.54) is 0 Å². The fourth-order valence-electron chi connectivity index (χ4n) is 2.28. The highest BCUT2D eigenvalue weighted by Crippen LogP contribution is 2.20. The van der Waals surface area contributed by atoms with Gasteiger partial charge in [0.2, 0.25) is 5.89 Å². The van der Waals surface area contributed by atoms with Gasteiger partial charge in [-0.05, 0) is 17.9 Å². The second kappa shape index (κ2) is 5.50. The van der Waals surface area contributed by atoms with Crippen LogP contribution in [0.2, 0.25) is 0 Å². The van der Waals surface area contributed by atoms with Gasteiger partial charge in [-0.25, -0.2) is 0 Å². The number of ether oxygens (including phenoxy) is 1. The lowest BCUT2D eigenvalue weighted by molar-refractivity contribution is 0.185. The Labute approximate surface area is 111 Å². The summed E-state index contributed by atoms with van der Waals surface area (Å²) in [6.45, 7) is 1.62. The van der Waals surface area contributed by atoms with Crippen molar-refractivity contribution in [1.82, 2.24) is 10.1 Å². The molecule has 0 bridgehead atoms. The van der Waals surface area contributed by atoms with Gasteiger partial charge in [-0.15, -0.1) is 0 Å². The van der Waals surface area contributed by atoms with Crippen LogP contribution >= 0.6 is 0 Å².